The van der Waals surface area contributed by atoms with Crippen LogP contribution in [-0.4, -0.2) is 0 Å². The minimum Gasteiger partial charge on any atom is -0.269 e. The van der Waals surface area contributed by atoms with Crippen molar-refractivity contribution in [2.24, 2.45) is 0 Å². The molecule has 0 saturated heterocycles. The maximum absolute atomic E-state index is 3.30. The van der Waals surface area contributed by atoms with E-state index in [1.54, 1.807) is 0 Å². The van der Waals surface area contributed by atoms with Gasteiger partial charge in [0.05, 0.1) is 0 Å². The van der Waals surface area contributed by atoms with Gasteiger partial charge >= 0.3 is 0 Å². The van der Waals surface area contributed by atoms with E-state index < -0.39 is 0 Å². The van der Waals surface area contributed by atoms with Crippen molar-refractivity contribution in [3.63, 3.8) is 0 Å². The first-order valence-electron chi connectivity index (χ1n) is 13.8. The molecule has 0 nitrogen and oxygen atoms in total. The van der Waals surface area contributed by atoms with Gasteiger partial charge in [-0.05, 0) is 0 Å². The van der Waals surface area contributed by atoms with Crippen molar-refractivity contribution in [2.75, 3.05) is 0 Å². The molecule has 0 bridgehead atoms. The zero-order valence-electron chi connectivity index (χ0n) is 23.5. The summed E-state index contributed by atoms with van der Waals surface area (Å²) in [7, 11) is 0. The van der Waals surface area contributed by atoms with Gasteiger partial charge in [0.1, 0.15) is 0 Å². The molecule has 0 fully saturated rings. The molecule has 0 amide bonds. The van der Waals surface area contributed by atoms with Crippen molar-refractivity contribution in [1.82, 2.24) is 0 Å². The van der Waals surface area contributed by atoms with Crippen LogP contribution in [-0.2, 0) is 51.7 Å². The molecule has 0 unspecified atom stereocenters. The summed E-state index contributed by atoms with van der Waals surface area (Å²) in [5, 5.41) is 0. The summed E-state index contributed by atoms with van der Waals surface area (Å²) in [6.07, 6.45) is 47.2. The van der Waals surface area contributed by atoms with Gasteiger partial charge in [-0.15, -0.1) is 25.7 Å². The fourth-order valence-electron chi connectivity index (χ4n) is 3.76. The zero-order chi connectivity index (χ0) is 24.7. The number of allylic oxidation sites excluding steroid dienone is 16. The van der Waals surface area contributed by atoms with Crippen molar-refractivity contribution in [3.05, 3.63) is 95.2 Å². The van der Waals surface area contributed by atoms with E-state index in [0.717, 1.165) is 25.7 Å². The molecular formula is C34H48Hf2-4. The molecule has 0 saturated carbocycles. The van der Waals surface area contributed by atoms with Crippen LogP contribution in [0, 0.1) is 24.3 Å². The van der Waals surface area contributed by atoms with Gasteiger partial charge < -0.3 is 0 Å². The smallest absolute Gasteiger partial charge is 0 e. The van der Waals surface area contributed by atoms with Crippen molar-refractivity contribution in [2.45, 2.75) is 118 Å². The van der Waals surface area contributed by atoms with E-state index in [-0.39, 0.29) is 51.7 Å². The van der Waals surface area contributed by atoms with Crippen LogP contribution >= 0.6 is 0 Å². The Labute approximate surface area is 262 Å². The Hall–Kier alpha value is -0.340. The SMILES string of the molecule is CCCC1=[C-]CC=C1.CCCC1=[C-]CC=C1.CCCCC1=[C-]CC=C1.CCCCC1=[C-]CC=C1.[Hf].[Hf]. The molecule has 0 heterocycles. The summed E-state index contributed by atoms with van der Waals surface area (Å²) in [6.45, 7) is 8.83. The molecule has 0 aromatic heterocycles. The van der Waals surface area contributed by atoms with E-state index >= 15 is 0 Å². The van der Waals surface area contributed by atoms with Crippen LogP contribution in [0.25, 0.3) is 0 Å². The topological polar surface area (TPSA) is 0 Å². The quantitative estimate of drug-likeness (QED) is 0.152. The molecule has 2 heteroatoms. The molecule has 0 N–H and O–H groups in total. The van der Waals surface area contributed by atoms with Gasteiger partial charge in [-0.3, -0.25) is 24.3 Å². The average molecular weight is 814 g/mol. The van der Waals surface area contributed by atoms with Crippen LogP contribution in [0.5, 0.6) is 0 Å². The van der Waals surface area contributed by atoms with E-state index in [4.69, 9.17) is 0 Å². The molecule has 0 aliphatic heterocycles. The van der Waals surface area contributed by atoms with Gasteiger partial charge in [0.25, 0.3) is 0 Å². The number of unbranched alkanes of at least 4 members (excludes halogenated alkanes) is 2. The van der Waals surface area contributed by atoms with Crippen LogP contribution in [0.15, 0.2) is 70.9 Å². The van der Waals surface area contributed by atoms with Crippen molar-refractivity contribution in [3.8, 4) is 0 Å². The molecule has 4 rings (SSSR count). The van der Waals surface area contributed by atoms with Crippen LogP contribution in [0.3, 0.4) is 0 Å². The van der Waals surface area contributed by atoms with E-state index in [9.17, 15) is 0 Å². The fraction of sp³-hybridized carbons (Fsp3) is 0.529. The monoisotopic (exact) mass is 816 g/mol. The Morgan fingerprint density at radius 2 is 0.722 bits per heavy atom. The van der Waals surface area contributed by atoms with Gasteiger partial charge in [-0.1, -0.05) is 91.9 Å². The molecule has 4 aliphatic carbocycles. The third kappa shape index (κ3) is 20.7. The van der Waals surface area contributed by atoms with Gasteiger partial charge in [0.2, 0.25) is 0 Å². The predicted octanol–water partition coefficient (Wildman–Crippen LogP) is 10.7. The Kier molecular flexibility index (Phi) is 29.1. The summed E-state index contributed by atoms with van der Waals surface area (Å²) in [4.78, 5) is 0. The molecule has 0 atom stereocenters. The first-order valence-corrected chi connectivity index (χ1v) is 13.8. The molecule has 196 valence electrons. The number of hydrogen-bond acceptors (Lipinski definition) is 0. The maximum Gasteiger partial charge on any atom is 0 e. The fourth-order valence-corrected chi connectivity index (χ4v) is 3.76. The van der Waals surface area contributed by atoms with E-state index in [1.165, 1.54) is 86.5 Å². The molecule has 0 spiro atoms. The summed E-state index contributed by atoms with van der Waals surface area (Å²) in [6, 6.07) is 0. The second-order valence-corrected chi connectivity index (χ2v) is 8.94. The Bertz CT molecular complexity index is 703. The Morgan fingerprint density at radius 3 is 0.917 bits per heavy atom. The summed E-state index contributed by atoms with van der Waals surface area (Å²) < 4.78 is 0. The molecule has 0 aromatic rings. The van der Waals surface area contributed by atoms with Crippen LogP contribution in [0.4, 0.5) is 0 Å². The minimum atomic E-state index is 0. The largest absolute Gasteiger partial charge is 0.269 e. The standard InChI is InChI=1S/2C9H13.2C8H11.2Hf/c2*1-2-3-6-9-7-4-5-8-9;2*1-2-5-8-6-3-4-7-8;;/h2*4,7H,2-3,5-6H2,1H3;2*3,6H,2,4-5H2,1H3;;/q4*-1;;. The number of hydrogen-bond donors (Lipinski definition) is 0. The van der Waals surface area contributed by atoms with Crippen LogP contribution in [0.2, 0.25) is 0 Å². The molecule has 36 heavy (non-hydrogen) atoms. The molecule has 4 aliphatic rings. The zero-order valence-corrected chi connectivity index (χ0v) is 30.7. The first-order chi connectivity index (χ1) is 16.7. The van der Waals surface area contributed by atoms with Gasteiger partial charge in [0, 0.05) is 51.7 Å². The second kappa shape index (κ2) is 27.7. The van der Waals surface area contributed by atoms with Crippen molar-refractivity contribution < 1.29 is 51.7 Å². The third-order valence-corrected chi connectivity index (χ3v) is 5.70. The van der Waals surface area contributed by atoms with Gasteiger partial charge in [0.15, 0.2) is 0 Å². The van der Waals surface area contributed by atoms with Crippen molar-refractivity contribution >= 4 is 0 Å². The van der Waals surface area contributed by atoms with E-state index in [2.05, 4.69) is 101 Å². The van der Waals surface area contributed by atoms with Crippen molar-refractivity contribution in [1.29, 1.82) is 0 Å². The summed E-state index contributed by atoms with van der Waals surface area (Å²) in [5.74, 6) is 0. The first kappa shape index (κ1) is 37.8. The van der Waals surface area contributed by atoms with E-state index in [0.29, 0.717) is 0 Å². The van der Waals surface area contributed by atoms with E-state index in [1.807, 2.05) is 0 Å². The molecule has 0 aromatic carbocycles. The normalized spacial score (nSPS) is 15.7. The van der Waals surface area contributed by atoms with Crippen LogP contribution < -0.4 is 0 Å². The minimum absolute atomic E-state index is 0. The maximum atomic E-state index is 3.30. The van der Waals surface area contributed by atoms with Gasteiger partial charge in [-0.2, -0.15) is 24.3 Å². The second-order valence-electron chi connectivity index (χ2n) is 8.94. The molecule has 0 radical (unpaired) electrons. The van der Waals surface area contributed by atoms with Crippen LogP contribution in [0.1, 0.15) is 118 Å². The molecular weight excluding hydrogens is 765 g/mol. The summed E-state index contributed by atoms with van der Waals surface area (Å²) in [5.41, 5.74) is 5.62. The Balaban J connectivity index is 0. The third-order valence-electron chi connectivity index (χ3n) is 5.70. The van der Waals surface area contributed by atoms with Gasteiger partial charge in [-0.25, -0.2) is 46.6 Å². The Morgan fingerprint density at radius 1 is 0.444 bits per heavy atom. The summed E-state index contributed by atoms with van der Waals surface area (Å²) >= 11 is 0. The number of rotatable bonds is 10. The average Bonchev–Trinajstić information content (AvgIpc) is 3.66. The predicted molar refractivity (Wildman–Crippen MR) is 151 cm³/mol.